The van der Waals surface area contributed by atoms with Crippen LogP contribution in [0, 0.1) is 6.92 Å². The minimum Gasteiger partial charge on any atom is -0.435 e. The fourth-order valence-corrected chi connectivity index (χ4v) is 7.32. The molecule has 1 amide bonds. The number of benzene rings is 2. The number of carbonyl (C=O) groups excluding carboxylic acids is 1. The van der Waals surface area contributed by atoms with Gasteiger partial charge in [-0.25, -0.2) is 18.4 Å². The summed E-state index contributed by atoms with van der Waals surface area (Å²) in [6.45, 7) is -1.66. The summed E-state index contributed by atoms with van der Waals surface area (Å²) in [5.41, 5.74) is 0.853. The number of nitrogens with zero attached hydrogens (tertiary/aromatic N) is 5. The zero-order valence-electron chi connectivity index (χ0n) is 23.0. The first-order chi connectivity index (χ1) is 21.2. The molecule has 0 spiro atoms. The van der Waals surface area contributed by atoms with Crippen molar-refractivity contribution in [1.29, 1.82) is 0 Å². The topological polar surface area (TPSA) is 127 Å². The number of fused-ring (bicyclic) bond motifs is 1. The molecule has 5 rings (SSSR count). The van der Waals surface area contributed by atoms with E-state index in [0.29, 0.717) is 26.9 Å². The lowest BCUT2D eigenvalue weighted by atomic mass is 10.1. The maximum absolute atomic E-state index is 13.7. The molecule has 1 aliphatic rings. The Morgan fingerprint density at radius 1 is 1.07 bits per heavy atom. The summed E-state index contributed by atoms with van der Waals surface area (Å²) < 4.78 is 99.8. The van der Waals surface area contributed by atoms with Crippen molar-refractivity contribution in [2.45, 2.75) is 37.4 Å². The lowest BCUT2D eigenvalue weighted by Gasteiger charge is -2.39. The van der Waals surface area contributed by atoms with Crippen molar-refractivity contribution < 1.29 is 44.6 Å². The molecule has 4 aromatic rings. The molecule has 45 heavy (non-hydrogen) atoms. The minimum absolute atomic E-state index is 0.0761. The van der Waals surface area contributed by atoms with Gasteiger partial charge in [0.05, 0.1) is 4.90 Å². The molecule has 240 valence electrons. The first-order valence-corrected chi connectivity index (χ1v) is 15.6. The molecule has 1 N–H and O–H groups in total. The van der Waals surface area contributed by atoms with Crippen LogP contribution in [0.25, 0.3) is 10.3 Å². The molecule has 0 aliphatic carbocycles. The molecule has 0 bridgehead atoms. The standard InChI is InChI=1S/C26H22ClF5N6O5S2/c1-14-34-21(27)20-22(35-14)36-25(44-20)37-10-11-38(45(40,41)18-8-6-17(7-9-18)43-26(30,31)32)19(13-37)23(39)33-12-15-2-4-16(5-3-15)42-24(28)29/h2-9,19,24H,10-13H2,1H3,(H,33,39)/t19-/m1/s1. The SMILES string of the molecule is Cc1nc(Cl)c2sc(N3CCN(S(=O)(=O)c4ccc(OC(F)(F)F)cc4)[C@@H](C(=O)NCc4ccc(OC(F)F)cc4)C3)nc2n1. The van der Waals surface area contributed by atoms with Gasteiger partial charge in [0.15, 0.2) is 15.9 Å². The third-order valence-electron chi connectivity index (χ3n) is 6.50. The first kappa shape index (κ1) is 32.5. The van der Waals surface area contributed by atoms with E-state index in [4.69, 9.17) is 11.6 Å². The number of aromatic nitrogens is 3. The highest BCUT2D eigenvalue weighted by molar-refractivity contribution is 7.89. The van der Waals surface area contributed by atoms with E-state index < -0.39 is 40.7 Å². The quantitative estimate of drug-likeness (QED) is 0.196. The number of rotatable bonds is 9. The Bertz CT molecular complexity index is 1790. The second kappa shape index (κ2) is 12.9. The lowest BCUT2D eigenvalue weighted by molar-refractivity contribution is -0.274. The van der Waals surface area contributed by atoms with Crippen LogP contribution in [0.1, 0.15) is 11.4 Å². The Kier molecular flexibility index (Phi) is 9.29. The molecular formula is C26H22ClF5N6O5S2. The van der Waals surface area contributed by atoms with E-state index >= 15 is 0 Å². The lowest BCUT2D eigenvalue weighted by Crippen LogP contribution is -2.60. The molecule has 1 atom stereocenters. The van der Waals surface area contributed by atoms with Gasteiger partial charge in [0.25, 0.3) is 0 Å². The van der Waals surface area contributed by atoms with Gasteiger partial charge >= 0.3 is 13.0 Å². The highest BCUT2D eigenvalue weighted by Crippen LogP contribution is 2.34. The van der Waals surface area contributed by atoms with Gasteiger partial charge in [-0.2, -0.15) is 18.1 Å². The van der Waals surface area contributed by atoms with Crippen LogP contribution in [0.2, 0.25) is 5.15 Å². The number of aryl methyl sites for hydroxylation is 1. The van der Waals surface area contributed by atoms with Crippen molar-refractivity contribution in [3.8, 4) is 11.5 Å². The van der Waals surface area contributed by atoms with Gasteiger partial charge in [-0.05, 0) is 48.9 Å². The van der Waals surface area contributed by atoms with Crippen molar-refractivity contribution >= 4 is 54.3 Å². The molecule has 3 heterocycles. The van der Waals surface area contributed by atoms with E-state index in [0.717, 1.165) is 28.6 Å². The van der Waals surface area contributed by atoms with Crippen molar-refractivity contribution in [3.05, 3.63) is 65.1 Å². The van der Waals surface area contributed by atoms with Crippen molar-refractivity contribution in [1.82, 2.24) is 24.6 Å². The van der Waals surface area contributed by atoms with Crippen LogP contribution in [-0.2, 0) is 21.4 Å². The Labute approximate surface area is 261 Å². The molecule has 0 saturated carbocycles. The number of piperazine rings is 1. The average molecular weight is 693 g/mol. The molecule has 1 saturated heterocycles. The van der Waals surface area contributed by atoms with Crippen molar-refractivity contribution in [3.63, 3.8) is 0 Å². The average Bonchev–Trinajstić information content (AvgIpc) is 3.40. The summed E-state index contributed by atoms with van der Waals surface area (Å²) in [4.78, 5) is 27.8. The van der Waals surface area contributed by atoms with Crippen LogP contribution in [0.15, 0.2) is 53.4 Å². The van der Waals surface area contributed by atoms with Crippen LogP contribution in [0.5, 0.6) is 11.5 Å². The number of ether oxygens (including phenoxy) is 2. The number of thiazole rings is 1. The maximum Gasteiger partial charge on any atom is 0.573 e. The number of nitrogens with one attached hydrogen (secondary N) is 1. The number of amides is 1. The molecule has 19 heteroatoms. The van der Waals surface area contributed by atoms with Gasteiger partial charge in [0, 0.05) is 26.2 Å². The normalized spacial score (nSPS) is 16.3. The Hall–Kier alpha value is -3.87. The second-order valence-electron chi connectivity index (χ2n) is 9.55. The maximum atomic E-state index is 13.7. The van der Waals surface area contributed by atoms with E-state index in [1.807, 2.05) is 0 Å². The van der Waals surface area contributed by atoms with Gasteiger partial charge in [-0.15, -0.1) is 13.2 Å². The van der Waals surface area contributed by atoms with Crippen molar-refractivity contribution in [2.75, 3.05) is 24.5 Å². The monoisotopic (exact) mass is 692 g/mol. The van der Waals surface area contributed by atoms with E-state index in [2.05, 4.69) is 29.7 Å². The molecule has 2 aromatic heterocycles. The third-order valence-corrected chi connectivity index (χ3v) is 9.92. The smallest absolute Gasteiger partial charge is 0.435 e. The van der Waals surface area contributed by atoms with E-state index in [-0.39, 0.29) is 42.0 Å². The van der Waals surface area contributed by atoms with Crippen LogP contribution < -0.4 is 19.7 Å². The summed E-state index contributed by atoms with van der Waals surface area (Å²) >= 11 is 7.42. The molecular weight excluding hydrogens is 671 g/mol. The van der Waals surface area contributed by atoms with Gasteiger partial charge in [-0.3, -0.25) is 4.79 Å². The Morgan fingerprint density at radius 3 is 2.38 bits per heavy atom. The zero-order valence-corrected chi connectivity index (χ0v) is 25.4. The number of carbonyl (C=O) groups is 1. The van der Waals surface area contributed by atoms with Crippen molar-refractivity contribution in [2.24, 2.45) is 0 Å². The fourth-order valence-electron chi connectivity index (χ4n) is 4.50. The van der Waals surface area contributed by atoms with E-state index in [9.17, 15) is 35.2 Å². The van der Waals surface area contributed by atoms with E-state index in [1.54, 1.807) is 11.8 Å². The fraction of sp³-hybridized carbons (Fsp3) is 0.308. The van der Waals surface area contributed by atoms with Gasteiger partial charge in [-0.1, -0.05) is 35.1 Å². The molecule has 0 radical (unpaired) electrons. The number of hydrogen-bond donors (Lipinski definition) is 1. The second-order valence-corrected chi connectivity index (χ2v) is 12.8. The molecule has 2 aromatic carbocycles. The number of halogens is 6. The largest absolute Gasteiger partial charge is 0.573 e. The van der Waals surface area contributed by atoms with Gasteiger partial charge in [0.1, 0.15) is 28.1 Å². The summed E-state index contributed by atoms with van der Waals surface area (Å²) in [6.07, 6.45) is -4.97. The van der Waals surface area contributed by atoms with Gasteiger partial charge in [0.2, 0.25) is 15.9 Å². The van der Waals surface area contributed by atoms with Gasteiger partial charge < -0.3 is 19.7 Å². The molecule has 1 fully saturated rings. The van der Waals surface area contributed by atoms with Crippen LogP contribution >= 0.6 is 22.9 Å². The molecule has 11 nitrogen and oxygen atoms in total. The molecule has 0 unspecified atom stereocenters. The van der Waals surface area contributed by atoms with Crippen LogP contribution in [-0.4, -0.2) is 72.2 Å². The zero-order chi connectivity index (χ0) is 32.5. The number of alkyl halides is 5. The number of anilines is 1. The van der Waals surface area contributed by atoms with Crippen LogP contribution in [0.4, 0.5) is 27.1 Å². The number of sulfonamides is 1. The molecule has 1 aliphatic heterocycles. The highest BCUT2D eigenvalue weighted by Gasteiger charge is 2.41. The Morgan fingerprint density at radius 2 is 1.73 bits per heavy atom. The minimum atomic E-state index is -4.97. The Balaban J connectivity index is 1.40. The van der Waals surface area contributed by atoms with E-state index in [1.165, 1.54) is 35.6 Å². The predicted molar refractivity (Wildman–Crippen MR) is 153 cm³/mol. The highest BCUT2D eigenvalue weighted by atomic mass is 35.5. The summed E-state index contributed by atoms with van der Waals surface area (Å²) in [5, 5.41) is 3.28. The third kappa shape index (κ3) is 7.69. The predicted octanol–water partition coefficient (Wildman–Crippen LogP) is 4.74. The summed E-state index contributed by atoms with van der Waals surface area (Å²) in [6, 6.07) is 7.82. The summed E-state index contributed by atoms with van der Waals surface area (Å²) in [5.74, 6) is -0.984. The van der Waals surface area contributed by atoms with Crippen LogP contribution in [0.3, 0.4) is 0 Å². The number of hydrogen-bond acceptors (Lipinski definition) is 10. The first-order valence-electron chi connectivity index (χ1n) is 12.9. The summed E-state index contributed by atoms with van der Waals surface area (Å²) in [7, 11) is -4.40.